The zero-order valence-electron chi connectivity index (χ0n) is 15.6. The van der Waals surface area contributed by atoms with Gasteiger partial charge >= 0.3 is 5.97 Å². The van der Waals surface area contributed by atoms with Gasteiger partial charge in [-0.25, -0.2) is 0 Å². The van der Waals surface area contributed by atoms with E-state index in [4.69, 9.17) is 4.74 Å². The van der Waals surface area contributed by atoms with Crippen LogP contribution in [0.4, 0.5) is 0 Å². The van der Waals surface area contributed by atoms with Gasteiger partial charge in [0.2, 0.25) is 0 Å². The first kappa shape index (κ1) is 18.6. The number of likely N-dealkylation sites (tertiary alicyclic amines) is 1. The highest BCUT2D eigenvalue weighted by atomic mass is 16.5. The number of pyridine rings is 1. The highest BCUT2D eigenvalue weighted by molar-refractivity contribution is 5.77. The van der Waals surface area contributed by atoms with Gasteiger partial charge in [0.25, 0.3) is 0 Å². The van der Waals surface area contributed by atoms with Gasteiger partial charge in [-0.15, -0.1) is 0 Å². The standard InChI is InChI=1S/C22H28N2O2/c1-2-26-21(25)22(14-12-19-9-4-3-5-10-19)13-8-16-24(18-22)17-20-11-6-7-15-23-20/h3-7,9-11,15H,2,8,12-14,16-18H2,1H3. The van der Waals surface area contributed by atoms with E-state index in [0.717, 1.165) is 51.0 Å². The molecular formula is C22H28N2O2. The first-order valence-electron chi connectivity index (χ1n) is 9.55. The summed E-state index contributed by atoms with van der Waals surface area (Å²) in [7, 11) is 0. The Morgan fingerprint density at radius 3 is 2.73 bits per heavy atom. The van der Waals surface area contributed by atoms with Crippen molar-refractivity contribution in [2.45, 2.75) is 39.2 Å². The molecule has 0 spiro atoms. The van der Waals surface area contributed by atoms with E-state index in [-0.39, 0.29) is 5.97 Å². The van der Waals surface area contributed by atoms with Gasteiger partial charge < -0.3 is 4.74 Å². The summed E-state index contributed by atoms with van der Waals surface area (Å²) >= 11 is 0. The minimum atomic E-state index is -0.418. The van der Waals surface area contributed by atoms with Crippen LogP contribution in [0, 0.1) is 5.41 Å². The van der Waals surface area contributed by atoms with Crippen LogP contribution in [0.1, 0.15) is 37.4 Å². The maximum atomic E-state index is 12.9. The predicted molar refractivity (Wildman–Crippen MR) is 103 cm³/mol. The molecule has 1 aliphatic rings. The zero-order chi connectivity index (χ0) is 18.2. The van der Waals surface area contributed by atoms with Crippen molar-refractivity contribution < 1.29 is 9.53 Å². The van der Waals surface area contributed by atoms with Crippen molar-refractivity contribution in [3.8, 4) is 0 Å². The molecular weight excluding hydrogens is 324 g/mol. The summed E-state index contributed by atoms with van der Waals surface area (Å²) in [4.78, 5) is 19.7. The number of benzene rings is 1. The van der Waals surface area contributed by atoms with Gasteiger partial charge in [-0.1, -0.05) is 36.4 Å². The SMILES string of the molecule is CCOC(=O)C1(CCc2ccccc2)CCCN(Cc2ccccn2)C1. The molecule has 4 heteroatoms. The third-order valence-corrected chi connectivity index (χ3v) is 5.21. The Balaban J connectivity index is 1.72. The molecule has 1 fully saturated rings. The van der Waals surface area contributed by atoms with E-state index in [0.29, 0.717) is 6.61 Å². The topological polar surface area (TPSA) is 42.4 Å². The number of carbonyl (C=O) groups is 1. The van der Waals surface area contributed by atoms with E-state index >= 15 is 0 Å². The van der Waals surface area contributed by atoms with E-state index in [2.05, 4.69) is 34.1 Å². The maximum Gasteiger partial charge on any atom is 0.313 e. The Kier molecular flexibility index (Phi) is 6.40. The molecule has 1 aliphatic heterocycles. The number of hydrogen-bond donors (Lipinski definition) is 0. The molecule has 3 rings (SSSR count). The highest BCUT2D eigenvalue weighted by Gasteiger charge is 2.43. The summed E-state index contributed by atoms with van der Waals surface area (Å²) < 4.78 is 5.49. The number of aromatic nitrogens is 1. The van der Waals surface area contributed by atoms with Crippen LogP contribution in [-0.2, 0) is 22.5 Å². The Bertz CT molecular complexity index is 690. The predicted octanol–water partition coefficient (Wildman–Crippen LogP) is 3.86. The largest absolute Gasteiger partial charge is 0.466 e. The second kappa shape index (κ2) is 8.95. The smallest absolute Gasteiger partial charge is 0.313 e. The van der Waals surface area contributed by atoms with Crippen molar-refractivity contribution in [1.82, 2.24) is 9.88 Å². The summed E-state index contributed by atoms with van der Waals surface area (Å²) in [5, 5.41) is 0. The summed E-state index contributed by atoms with van der Waals surface area (Å²) in [6.45, 7) is 4.86. The van der Waals surface area contributed by atoms with Crippen LogP contribution < -0.4 is 0 Å². The molecule has 0 bridgehead atoms. The van der Waals surface area contributed by atoms with E-state index in [9.17, 15) is 4.79 Å². The molecule has 1 aromatic carbocycles. The molecule has 1 atom stereocenters. The van der Waals surface area contributed by atoms with Crippen molar-refractivity contribution in [3.05, 3.63) is 66.0 Å². The quantitative estimate of drug-likeness (QED) is 0.710. The van der Waals surface area contributed by atoms with E-state index in [1.165, 1.54) is 5.56 Å². The molecule has 2 aromatic rings. The second-order valence-electron chi connectivity index (χ2n) is 7.12. The highest BCUT2D eigenvalue weighted by Crippen LogP contribution is 2.36. The average Bonchev–Trinajstić information content (AvgIpc) is 2.68. The average molecular weight is 352 g/mol. The summed E-state index contributed by atoms with van der Waals surface area (Å²) in [6.07, 6.45) is 5.47. The fraction of sp³-hybridized carbons (Fsp3) is 0.455. The van der Waals surface area contributed by atoms with Crippen LogP contribution in [0.2, 0.25) is 0 Å². The first-order valence-corrected chi connectivity index (χ1v) is 9.55. The van der Waals surface area contributed by atoms with Crippen molar-refractivity contribution in [2.75, 3.05) is 19.7 Å². The molecule has 1 saturated heterocycles. The second-order valence-corrected chi connectivity index (χ2v) is 7.12. The molecule has 0 radical (unpaired) electrons. The van der Waals surface area contributed by atoms with Crippen molar-refractivity contribution >= 4 is 5.97 Å². The first-order chi connectivity index (χ1) is 12.7. The van der Waals surface area contributed by atoms with Crippen LogP contribution in [0.15, 0.2) is 54.7 Å². The molecule has 0 amide bonds. The Labute approximate surface area is 156 Å². The minimum absolute atomic E-state index is 0.0401. The van der Waals surface area contributed by atoms with Gasteiger partial charge in [-0.2, -0.15) is 0 Å². The molecule has 4 nitrogen and oxygen atoms in total. The lowest BCUT2D eigenvalue weighted by Gasteiger charge is -2.41. The Morgan fingerprint density at radius 1 is 1.19 bits per heavy atom. The number of piperidine rings is 1. The molecule has 0 N–H and O–H groups in total. The lowest BCUT2D eigenvalue weighted by atomic mass is 9.75. The van der Waals surface area contributed by atoms with Crippen LogP contribution in [-0.4, -0.2) is 35.5 Å². The molecule has 2 heterocycles. The normalized spacial score (nSPS) is 20.7. The summed E-state index contributed by atoms with van der Waals surface area (Å²) in [5.41, 5.74) is 1.91. The van der Waals surface area contributed by atoms with Crippen LogP contribution in [0.3, 0.4) is 0 Å². The van der Waals surface area contributed by atoms with Crippen molar-refractivity contribution in [3.63, 3.8) is 0 Å². The fourth-order valence-corrected chi connectivity index (χ4v) is 3.87. The number of nitrogens with zero attached hydrogens (tertiary/aromatic N) is 2. The number of rotatable bonds is 7. The monoisotopic (exact) mass is 352 g/mol. The molecule has 26 heavy (non-hydrogen) atoms. The number of esters is 1. The van der Waals surface area contributed by atoms with Gasteiger partial charge in [0.1, 0.15) is 0 Å². The lowest BCUT2D eigenvalue weighted by Crippen LogP contribution is -2.48. The van der Waals surface area contributed by atoms with Crippen LogP contribution in [0.25, 0.3) is 0 Å². The molecule has 0 aliphatic carbocycles. The number of hydrogen-bond acceptors (Lipinski definition) is 4. The van der Waals surface area contributed by atoms with Gasteiger partial charge in [0.15, 0.2) is 0 Å². The Morgan fingerprint density at radius 2 is 2.00 bits per heavy atom. The van der Waals surface area contributed by atoms with Crippen LogP contribution in [0.5, 0.6) is 0 Å². The van der Waals surface area contributed by atoms with E-state index in [1.54, 1.807) is 0 Å². The number of aryl methyl sites for hydroxylation is 1. The fourth-order valence-electron chi connectivity index (χ4n) is 3.87. The molecule has 0 saturated carbocycles. The number of carbonyl (C=O) groups excluding carboxylic acids is 1. The summed E-state index contributed by atoms with van der Waals surface area (Å²) in [5.74, 6) is -0.0401. The van der Waals surface area contributed by atoms with Crippen LogP contribution >= 0.6 is 0 Å². The molecule has 1 aromatic heterocycles. The lowest BCUT2D eigenvalue weighted by molar-refractivity contribution is -0.160. The zero-order valence-corrected chi connectivity index (χ0v) is 15.6. The maximum absolute atomic E-state index is 12.9. The van der Waals surface area contributed by atoms with Gasteiger partial charge in [-0.3, -0.25) is 14.7 Å². The Hall–Kier alpha value is -2.20. The number of ether oxygens (including phenoxy) is 1. The molecule has 1 unspecified atom stereocenters. The van der Waals surface area contributed by atoms with Gasteiger partial charge in [0, 0.05) is 19.3 Å². The third-order valence-electron chi connectivity index (χ3n) is 5.21. The minimum Gasteiger partial charge on any atom is -0.466 e. The van der Waals surface area contributed by atoms with Crippen molar-refractivity contribution in [2.24, 2.45) is 5.41 Å². The van der Waals surface area contributed by atoms with E-state index < -0.39 is 5.41 Å². The van der Waals surface area contributed by atoms with Gasteiger partial charge in [0.05, 0.1) is 17.7 Å². The van der Waals surface area contributed by atoms with Crippen molar-refractivity contribution in [1.29, 1.82) is 0 Å². The van der Waals surface area contributed by atoms with E-state index in [1.807, 2.05) is 37.4 Å². The summed E-state index contributed by atoms with van der Waals surface area (Å²) in [6, 6.07) is 16.4. The van der Waals surface area contributed by atoms with Gasteiger partial charge in [-0.05, 0) is 56.8 Å². The molecule has 138 valence electrons. The third kappa shape index (κ3) is 4.70.